The van der Waals surface area contributed by atoms with Gasteiger partial charge in [-0.2, -0.15) is 0 Å². The SMILES string of the molecule is C#CCN1C(=O)C(c2ccccc2)C2(CCN(C)CC2)C1=O. The molecule has 0 bridgehead atoms. The van der Waals surface area contributed by atoms with Gasteiger partial charge in [-0.1, -0.05) is 36.3 Å². The maximum Gasteiger partial charge on any atom is 0.238 e. The zero-order valence-electron chi connectivity index (χ0n) is 12.8. The third-order valence-electron chi connectivity index (χ3n) is 5.00. The van der Waals surface area contributed by atoms with Crippen LogP contribution >= 0.6 is 0 Å². The van der Waals surface area contributed by atoms with E-state index in [2.05, 4.69) is 10.8 Å². The highest BCUT2D eigenvalue weighted by molar-refractivity contribution is 6.10. The second kappa shape index (κ2) is 5.58. The molecule has 0 radical (unpaired) electrons. The molecule has 2 aliphatic rings. The van der Waals surface area contributed by atoms with E-state index >= 15 is 0 Å². The molecule has 0 aliphatic carbocycles. The molecular weight excluding hydrogens is 276 g/mol. The smallest absolute Gasteiger partial charge is 0.238 e. The van der Waals surface area contributed by atoms with E-state index in [-0.39, 0.29) is 18.4 Å². The summed E-state index contributed by atoms with van der Waals surface area (Å²) in [6, 6.07) is 9.63. The fraction of sp³-hybridized carbons (Fsp3) is 0.444. The van der Waals surface area contributed by atoms with Gasteiger partial charge in [-0.25, -0.2) is 0 Å². The summed E-state index contributed by atoms with van der Waals surface area (Å²) in [7, 11) is 2.05. The van der Waals surface area contributed by atoms with Crippen LogP contribution in [0.2, 0.25) is 0 Å². The molecule has 0 saturated carbocycles. The first kappa shape index (κ1) is 14.8. The molecule has 0 aromatic heterocycles. The molecule has 0 N–H and O–H groups in total. The van der Waals surface area contributed by atoms with Crippen molar-refractivity contribution in [1.82, 2.24) is 9.80 Å². The molecule has 2 aliphatic heterocycles. The minimum Gasteiger partial charge on any atom is -0.306 e. The highest BCUT2D eigenvalue weighted by Crippen LogP contribution is 2.51. The first-order valence-corrected chi connectivity index (χ1v) is 7.63. The molecule has 2 fully saturated rings. The number of amides is 2. The normalized spacial score (nSPS) is 24.7. The van der Waals surface area contributed by atoms with Gasteiger partial charge < -0.3 is 4.90 Å². The molecule has 4 nitrogen and oxygen atoms in total. The van der Waals surface area contributed by atoms with Crippen LogP contribution in [0.5, 0.6) is 0 Å². The zero-order valence-corrected chi connectivity index (χ0v) is 12.8. The second-order valence-electron chi connectivity index (χ2n) is 6.24. The molecule has 2 heterocycles. The van der Waals surface area contributed by atoms with Crippen molar-refractivity contribution in [2.45, 2.75) is 18.8 Å². The Hall–Kier alpha value is -2.12. The average Bonchev–Trinajstić information content (AvgIpc) is 2.73. The van der Waals surface area contributed by atoms with Gasteiger partial charge in [0.15, 0.2) is 0 Å². The van der Waals surface area contributed by atoms with Crippen LogP contribution in [0.25, 0.3) is 0 Å². The standard InChI is InChI=1S/C18H20N2O2/c1-3-11-20-16(21)15(14-7-5-4-6-8-14)18(17(20)22)9-12-19(2)13-10-18/h1,4-8,15H,9-13H2,2H3. The summed E-state index contributed by atoms with van der Waals surface area (Å²) >= 11 is 0. The number of terminal acetylenes is 1. The maximum absolute atomic E-state index is 13.0. The predicted octanol–water partition coefficient (Wildman–Crippen LogP) is 1.48. The molecule has 1 aromatic carbocycles. The monoisotopic (exact) mass is 296 g/mol. The number of nitrogens with zero attached hydrogens (tertiary/aromatic N) is 2. The van der Waals surface area contributed by atoms with Crippen molar-refractivity contribution in [3.05, 3.63) is 35.9 Å². The van der Waals surface area contributed by atoms with E-state index in [0.717, 1.165) is 18.7 Å². The molecule has 1 unspecified atom stereocenters. The minimum absolute atomic E-state index is 0.0680. The molecule has 1 aromatic rings. The van der Waals surface area contributed by atoms with Gasteiger partial charge >= 0.3 is 0 Å². The third-order valence-corrected chi connectivity index (χ3v) is 5.00. The third kappa shape index (κ3) is 2.13. The molecule has 114 valence electrons. The summed E-state index contributed by atoms with van der Waals surface area (Å²) in [6.07, 6.45) is 6.76. The summed E-state index contributed by atoms with van der Waals surface area (Å²) < 4.78 is 0. The lowest BCUT2D eigenvalue weighted by molar-refractivity contribution is -0.141. The first-order valence-electron chi connectivity index (χ1n) is 7.63. The van der Waals surface area contributed by atoms with E-state index in [4.69, 9.17) is 6.42 Å². The van der Waals surface area contributed by atoms with Gasteiger partial charge in [-0.05, 0) is 38.5 Å². The Morgan fingerprint density at radius 1 is 1.23 bits per heavy atom. The number of piperidine rings is 1. The Balaban J connectivity index is 2.05. The number of hydrogen-bond donors (Lipinski definition) is 0. The molecule has 1 spiro atoms. The van der Waals surface area contributed by atoms with Gasteiger partial charge in [0.05, 0.1) is 17.9 Å². The maximum atomic E-state index is 13.0. The molecule has 2 amide bonds. The second-order valence-corrected chi connectivity index (χ2v) is 6.24. The Morgan fingerprint density at radius 3 is 2.45 bits per heavy atom. The van der Waals surface area contributed by atoms with Crippen molar-refractivity contribution >= 4 is 11.8 Å². The Bertz CT molecular complexity index is 624. The summed E-state index contributed by atoms with van der Waals surface area (Å²) in [5, 5.41) is 0. The van der Waals surface area contributed by atoms with Crippen LogP contribution < -0.4 is 0 Å². The topological polar surface area (TPSA) is 40.6 Å². The fourth-order valence-electron chi connectivity index (χ4n) is 3.75. The molecule has 1 atom stereocenters. The van der Waals surface area contributed by atoms with Crippen LogP contribution in [0.15, 0.2) is 30.3 Å². The van der Waals surface area contributed by atoms with Crippen molar-refractivity contribution in [1.29, 1.82) is 0 Å². The Morgan fingerprint density at radius 2 is 1.86 bits per heavy atom. The van der Waals surface area contributed by atoms with Crippen LogP contribution in [0, 0.1) is 17.8 Å². The Kier molecular flexibility index (Phi) is 3.76. The first-order chi connectivity index (χ1) is 10.6. The summed E-state index contributed by atoms with van der Waals surface area (Å²) in [5.41, 5.74) is 0.298. The van der Waals surface area contributed by atoms with Crippen LogP contribution in [0.3, 0.4) is 0 Å². The van der Waals surface area contributed by atoms with Crippen molar-refractivity contribution in [3.63, 3.8) is 0 Å². The van der Waals surface area contributed by atoms with Crippen LogP contribution in [-0.4, -0.2) is 48.3 Å². The van der Waals surface area contributed by atoms with Gasteiger partial charge in [-0.3, -0.25) is 14.5 Å². The van der Waals surface area contributed by atoms with Gasteiger partial charge in [0, 0.05) is 0 Å². The molecular formula is C18H20N2O2. The number of likely N-dealkylation sites (tertiary alicyclic amines) is 2. The largest absolute Gasteiger partial charge is 0.306 e. The van der Waals surface area contributed by atoms with E-state index in [1.54, 1.807) is 0 Å². The fourth-order valence-corrected chi connectivity index (χ4v) is 3.75. The summed E-state index contributed by atoms with van der Waals surface area (Å²) in [6.45, 7) is 1.72. The van der Waals surface area contributed by atoms with Crippen molar-refractivity contribution < 1.29 is 9.59 Å². The molecule has 4 heteroatoms. The number of carbonyl (C=O) groups excluding carboxylic acids is 2. The minimum atomic E-state index is -0.623. The van der Waals surface area contributed by atoms with Gasteiger partial charge in [0.1, 0.15) is 0 Å². The van der Waals surface area contributed by atoms with E-state index in [0.29, 0.717) is 12.8 Å². The number of rotatable bonds is 2. The number of hydrogen-bond acceptors (Lipinski definition) is 3. The lowest BCUT2D eigenvalue weighted by atomic mass is 9.67. The molecule has 22 heavy (non-hydrogen) atoms. The number of carbonyl (C=O) groups is 2. The van der Waals surface area contributed by atoms with E-state index < -0.39 is 11.3 Å². The van der Waals surface area contributed by atoms with Gasteiger partial charge in [0.25, 0.3) is 0 Å². The van der Waals surface area contributed by atoms with Gasteiger partial charge in [0.2, 0.25) is 11.8 Å². The zero-order chi connectivity index (χ0) is 15.7. The van der Waals surface area contributed by atoms with Crippen molar-refractivity contribution in [2.75, 3.05) is 26.7 Å². The van der Waals surface area contributed by atoms with E-state index in [9.17, 15) is 9.59 Å². The number of imide groups is 1. The highest BCUT2D eigenvalue weighted by Gasteiger charge is 2.59. The lowest BCUT2D eigenvalue weighted by Crippen LogP contribution is -2.45. The summed E-state index contributed by atoms with van der Waals surface area (Å²) in [4.78, 5) is 29.3. The van der Waals surface area contributed by atoms with Crippen molar-refractivity contribution in [2.24, 2.45) is 5.41 Å². The van der Waals surface area contributed by atoms with E-state index in [1.165, 1.54) is 4.90 Å². The highest BCUT2D eigenvalue weighted by atomic mass is 16.2. The van der Waals surface area contributed by atoms with Crippen LogP contribution in [0.1, 0.15) is 24.3 Å². The van der Waals surface area contributed by atoms with Crippen LogP contribution in [0.4, 0.5) is 0 Å². The lowest BCUT2D eigenvalue weighted by Gasteiger charge is -2.39. The van der Waals surface area contributed by atoms with Gasteiger partial charge in [-0.15, -0.1) is 6.42 Å². The molecule has 3 rings (SSSR count). The molecule has 2 saturated heterocycles. The quantitative estimate of drug-likeness (QED) is 0.613. The van der Waals surface area contributed by atoms with E-state index in [1.807, 2.05) is 37.4 Å². The predicted molar refractivity (Wildman–Crippen MR) is 83.9 cm³/mol. The van der Waals surface area contributed by atoms with Crippen LogP contribution in [-0.2, 0) is 9.59 Å². The summed E-state index contributed by atoms with van der Waals surface area (Å²) in [5.74, 6) is 1.82. The van der Waals surface area contributed by atoms with Crippen molar-refractivity contribution in [3.8, 4) is 12.3 Å². The Labute approximate surface area is 131 Å². The average molecular weight is 296 g/mol. The number of benzene rings is 1.